The summed E-state index contributed by atoms with van der Waals surface area (Å²) in [6.07, 6.45) is 0. The molecule has 2 N–H and O–H groups in total. The lowest BCUT2D eigenvalue weighted by Crippen LogP contribution is -2.14. The third-order valence-corrected chi connectivity index (χ3v) is 3.67. The summed E-state index contributed by atoms with van der Waals surface area (Å²) in [6.45, 7) is -0.830. The maximum atomic E-state index is 13.0. The Morgan fingerprint density at radius 1 is 0.696 bits per heavy atom. The molecule has 0 saturated heterocycles. The van der Waals surface area contributed by atoms with Gasteiger partial charge in [-0.15, -0.1) is 0 Å². The molecule has 0 aliphatic carbocycles. The van der Waals surface area contributed by atoms with Crippen LogP contribution in [0.25, 0.3) is 22.3 Å². The third-order valence-electron chi connectivity index (χ3n) is 3.67. The number of aliphatic hydroxyl groups is 2. The van der Waals surface area contributed by atoms with Gasteiger partial charge in [-0.05, 0) is 11.1 Å². The van der Waals surface area contributed by atoms with Crippen LogP contribution in [0.1, 0.15) is 11.5 Å². The zero-order valence-corrected chi connectivity index (χ0v) is 12.4. The van der Waals surface area contributed by atoms with Crippen molar-refractivity contribution in [2.75, 3.05) is 0 Å². The molecule has 3 aromatic rings. The Labute approximate surface area is 133 Å². The van der Waals surface area contributed by atoms with Gasteiger partial charge in [-0.25, -0.2) is 0 Å². The van der Waals surface area contributed by atoms with E-state index in [1.165, 1.54) is 0 Å². The summed E-state index contributed by atoms with van der Waals surface area (Å²) in [7, 11) is 0. The van der Waals surface area contributed by atoms with Crippen molar-refractivity contribution in [3.63, 3.8) is 0 Å². The quantitative estimate of drug-likeness (QED) is 0.777. The summed E-state index contributed by atoms with van der Waals surface area (Å²) in [5.41, 5.74) is 1.73. The van der Waals surface area contributed by atoms with Gasteiger partial charge in [-0.3, -0.25) is 4.79 Å². The molecule has 116 valence electrons. The summed E-state index contributed by atoms with van der Waals surface area (Å²) in [6, 6.07) is 18.1. The Kier molecular flexibility index (Phi) is 4.37. The molecular formula is C19H16O4. The minimum absolute atomic E-state index is 0.157. The fraction of sp³-hybridized carbons (Fsp3) is 0.105. The average molecular weight is 308 g/mol. The molecule has 0 aliphatic heterocycles. The molecule has 4 heteroatoms. The van der Waals surface area contributed by atoms with Gasteiger partial charge in [0.2, 0.25) is 5.43 Å². The predicted octanol–water partition coefficient (Wildman–Crippen LogP) is 2.96. The lowest BCUT2D eigenvalue weighted by Gasteiger charge is -2.13. The number of hydrogen-bond acceptors (Lipinski definition) is 4. The van der Waals surface area contributed by atoms with Gasteiger partial charge in [0.15, 0.2) is 0 Å². The van der Waals surface area contributed by atoms with Crippen molar-refractivity contribution >= 4 is 0 Å². The maximum absolute atomic E-state index is 13.0. The van der Waals surface area contributed by atoms with Crippen LogP contribution in [-0.2, 0) is 13.2 Å². The van der Waals surface area contributed by atoms with E-state index in [-0.39, 0.29) is 16.9 Å². The molecule has 2 aromatic carbocycles. The van der Waals surface area contributed by atoms with Gasteiger partial charge in [0.25, 0.3) is 0 Å². The van der Waals surface area contributed by atoms with Crippen molar-refractivity contribution in [3.05, 3.63) is 82.4 Å². The second-order valence-corrected chi connectivity index (χ2v) is 5.08. The van der Waals surface area contributed by atoms with E-state index in [9.17, 15) is 15.0 Å². The van der Waals surface area contributed by atoms with Crippen molar-refractivity contribution in [1.82, 2.24) is 0 Å². The Bertz CT molecular complexity index is 783. The van der Waals surface area contributed by atoms with E-state index in [1.54, 1.807) is 24.3 Å². The minimum atomic E-state index is -0.415. The molecular weight excluding hydrogens is 292 g/mol. The van der Waals surface area contributed by atoms with Crippen molar-refractivity contribution in [3.8, 4) is 22.3 Å². The lowest BCUT2D eigenvalue weighted by molar-refractivity contribution is 0.210. The molecule has 0 unspecified atom stereocenters. The first-order valence-corrected chi connectivity index (χ1v) is 7.27. The second kappa shape index (κ2) is 6.60. The number of aliphatic hydroxyl groups excluding tert-OH is 2. The topological polar surface area (TPSA) is 70.7 Å². The molecule has 0 spiro atoms. The highest BCUT2D eigenvalue weighted by atomic mass is 16.4. The molecule has 1 heterocycles. The van der Waals surface area contributed by atoms with Crippen molar-refractivity contribution in [1.29, 1.82) is 0 Å². The van der Waals surface area contributed by atoms with Gasteiger partial charge in [0.05, 0.1) is 11.1 Å². The van der Waals surface area contributed by atoms with E-state index in [0.29, 0.717) is 22.3 Å². The fourth-order valence-corrected chi connectivity index (χ4v) is 2.65. The van der Waals surface area contributed by atoms with Crippen LogP contribution in [0.4, 0.5) is 0 Å². The van der Waals surface area contributed by atoms with Crippen LogP contribution in [0.2, 0.25) is 0 Å². The first-order valence-electron chi connectivity index (χ1n) is 7.27. The first-order chi connectivity index (χ1) is 11.3. The number of benzene rings is 2. The van der Waals surface area contributed by atoms with E-state index in [0.717, 1.165) is 0 Å². The standard InChI is InChI=1S/C19H16O4/c20-11-15-17(13-7-3-1-4-8-13)19(22)18(16(12-21)23-15)14-9-5-2-6-10-14/h1-10,20-21H,11-12H2. The Hall–Kier alpha value is -2.69. The molecule has 1 aromatic heterocycles. The van der Waals surface area contributed by atoms with E-state index in [4.69, 9.17) is 4.42 Å². The van der Waals surface area contributed by atoms with Gasteiger partial charge in [0.1, 0.15) is 24.7 Å². The molecule has 0 bridgehead atoms. The Morgan fingerprint density at radius 3 is 1.43 bits per heavy atom. The van der Waals surface area contributed by atoms with Crippen LogP contribution in [-0.4, -0.2) is 10.2 Å². The Balaban J connectivity index is 2.35. The minimum Gasteiger partial charge on any atom is -0.460 e. The number of rotatable bonds is 4. The van der Waals surface area contributed by atoms with E-state index < -0.39 is 13.2 Å². The van der Waals surface area contributed by atoms with Crippen molar-refractivity contribution < 1.29 is 14.6 Å². The van der Waals surface area contributed by atoms with E-state index in [2.05, 4.69) is 0 Å². The maximum Gasteiger partial charge on any atom is 0.201 e. The summed E-state index contributed by atoms with van der Waals surface area (Å²) < 4.78 is 5.63. The predicted molar refractivity (Wildman–Crippen MR) is 87.7 cm³/mol. The highest BCUT2D eigenvalue weighted by Crippen LogP contribution is 2.28. The van der Waals surface area contributed by atoms with Gasteiger partial charge in [0, 0.05) is 0 Å². The zero-order valence-electron chi connectivity index (χ0n) is 12.4. The van der Waals surface area contributed by atoms with Gasteiger partial charge in [-0.1, -0.05) is 60.7 Å². The van der Waals surface area contributed by atoms with Crippen molar-refractivity contribution in [2.24, 2.45) is 0 Å². The van der Waals surface area contributed by atoms with Crippen LogP contribution < -0.4 is 5.43 Å². The van der Waals surface area contributed by atoms with E-state index >= 15 is 0 Å². The summed E-state index contributed by atoms with van der Waals surface area (Å²) >= 11 is 0. The van der Waals surface area contributed by atoms with Crippen LogP contribution in [0.3, 0.4) is 0 Å². The van der Waals surface area contributed by atoms with E-state index in [1.807, 2.05) is 36.4 Å². The van der Waals surface area contributed by atoms with Crippen LogP contribution in [0.15, 0.2) is 69.9 Å². The van der Waals surface area contributed by atoms with Gasteiger partial charge in [-0.2, -0.15) is 0 Å². The fourth-order valence-electron chi connectivity index (χ4n) is 2.65. The van der Waals surface area contributed by atoms with Crippen LogP contribution in [0, 0.1) is 0 Å². The largest absolute Gasteiger partial charge is 0.460 e. The highest BCUT2D eigenvalue weighted by molar-refractivity contribution is 5.74. The van der Waals surface area contributed by atoms with Gasteiger partial charge < -0.3 is 14.6 Å². The summed E-state index contributed by atoms with van der Waals surface area (Å²) in [4.78, 5) is 13.0. The monoisotopic (exact) mass is 308 g/mol. The Morgan fingerprint density at radius 2 is 1.09 bits per heavy atom. The van der Waals surface area contributed by atoms with Gasteiger partial charge >= 0.3 is 0 Å². The van der Waals surface area contributed by atoms with Crippen LogP contribution in [0.5, 0.6) is 0 Å². The zero-order chi connectivity index (χ0) is 16.2. The molecule has 0 aliphatic rings. The molecule has 0 radical (unpaired) electrons. The second-order valence-electron chi connectivity index (χ2n) is 5.08. The third kappa shape index (κ3) is 2.82. The smallest absolute Gasteiger partial charge is 0.201 e. The molecule has 0 fully saturated rings. The highest BCUT2D eigenvalue weighted by Gasteiger charge is 2.20. The molecule has 3 rings (SSSR count). The molecule has 0 saturated carbocycles. The summed E-state index contributed by atoms with van der Waals surface area (Å²) in [5.74, 6) is 0.315. The molecule has 0 amide bonds. The SMILES string of the molecule is O=c1c(-c2ccccc2)c(CO)oc(CO)c1-c1ccccc1. The molecule has 4 nitrogen and oxygen atoms in total. The molecule has 23 heavy (non-hydrogen) atoms. The van der Waals surface area contributed by atoms with Crippen LogP contribution >= 0.6 is 0 Å². The summed E-state index contributed by atoms with van der Waals surface area (Å²) in [5, 5.41) is 19.1. The normalized spacial score (nSPS) is 10.7. The molecule has 0 atom stereocenters. The number of hydrogen-bond donors (Lipinski definition) is 2. The first kappa shape index (κ1) is 15.2. The average Bonchev–Trinajstić information content (AvgIpc) is 2.62. The van der Waals surface area contributed by atoms with Crippen molar-refractivity contribution in [2.45, 2.75) is 13.2 Å². The lowest BCUT2D eigenvalue weighted by atomic mass is 9.97.